The Kier molecular flexibility index (Phi) is 10.8. The summed E-state index contributed by atoms with van der Waals surface area (Å²) >= 11 is 2.68. The molecule has 0 spiro atoms. The highest BCUT2D eigenvalue weighted by Gasteiger charge is 2.21. The summed E-state index contributed by atoms with van der Waals surface area (Å²) < 4.78 is 20.2. The van der Waals surface area contributed by atoms with Crippen LogP contribution in [0.4, 0.5) is 5.13 Å². The zero-order chi connectivity index (χ0) is 32.6. The van der Waals surface area contributed by atoms with Gasteiger partial charge in [0.25, 0.3) is 5.91 Å². The molecule has 0 saturated carbocycles. The number of carbonyl (C=O) groups excluding carboxylic acids is 2. The van der Waals surface area contributed by atoms with E-state index in [1.165, 1.54) is 23.1 Å². The minimum atomic E-state index is -0.343. The number of carbonyl (C=O) groups is 2. The van der Waals surface area contributed by atoms with E-state index >= 15 is 0 Å². The SMILES string of the molecule is CCOc1cc(C(=O)NCc2nnc(SCC(=O)Nc3nc4ccccc4s3)n2-c2cc(C)ccc2C)cc(OCC)c1OCC. The Balaban J connectivity index is 1.37. The fourth-order valence-corrected chi connectivity index (χ4v) is 6.35. The number of ether oxygens (including phenoxy) is 3. The Labute approximate surface area is 275 Å². The Morgan fingerprint density at radius 2 is 1.63 bits per heavy atom. The molecule has 0 unspecified atom stereocenters. The van der Waals surface area contributed by atoms with Crippen LogP contribution in [0.1, 0.15) is 48.1 Å². The molecule has 0 radical (unpaired) electrons. The van der Waals surface area contributed by atoms with Gasteiger partial charge < -0.3 is 24.8 Å². The van der Waals surface area contributed by atoms with E-state index in [2.05, 4.69) is 25.8 Å². The number of benzene rings is 3. The van der Waals surface area contributed by atoms with Gasteiger partial charge in [0.15, 0.2) is 27.6 Å². The third kappa shape index (κ3) is 7.60. The maximum absolute atomic E-state index is 13.4. The summed E-state index contributed by atoms with van der Waals surface area (Å²) in [5.41, 5.74) is 4.10. The molecule has 0 saturated heterocycles. The predicted molar refractivity (Wildman–Crippen MR) is 181 cm³/mol. The van der Waals surface area contributed by atoms with Crippen LogP contribution >= 0.6 is 23.1 Å². The van der Waals surface area contributed by atoms with E-state index in [4.69, 9.17) is 14.2 Å². The van der Waals surface area contributed by atoms with Crippen LogP contribution in [-0.4, -0.2) is 57.1 Å². The van der Waals surface area contributed by atoms with Crippen molar-refractivity contribution >= 4 is 50.3 Å². The lowest BCUT2D eigenvalue weighted by Crippen LogP contribution is -2.25. The highest BCUT2D eigenvalue weighted by atomic mass is 32.2. The second-order valence-electron chi connectivity index (χ2n) is 10.1. The first kappa shape index (κ1) is 32.8. The molecule has 2 heterocycles. The molecule has 46 heavy (non-hydrogen) atoms. The molecule has 0 bridgehead atoms. The fourth-order valence-electron chi connectivity index (χ4n) is 4.70. The average Bonchev–Trinajstić information content (AvgIpc) is 3.64. The molecular formula is C33H36N6O5S2. The lowest BCUT2D eigenvalue weighted by molar-refractivity contribution is -0.113. The van der Waals surface area contributed by atoms with Gasteiger partial charge in [0.2, 0.25) is 11.7 Å². The molecule has 2 amide bonds. The zero-order valence-corrected chi connectivity index (χ0v) is 28.0. The predicted octanol–water partition coefficient (Wildman–Crippen LogP) is 6.35. The normalized spacial score (nSPS) is 11.0. The summed E-state index contributed by atoms with van der Waals surface area (Å²) in [6.07, 6.45) is 0. The number of thiazole rings is 1. The highest BCUT2D eigenvalue weighted by molar-refractivity contribution is 7.99. The number of nitrogens with one attached hydrogen (secondary N) is 2. The quantitative estimate of drug-likeness (QED) is 0.131. The van der Waals surface area contributed by atoms with Gasteiger partial charge in [0.1, 0.15) is 0 Å². The third-order valence-electron chi connectivity index (χ3n) is 6.76. The molecule has 13 heteroatoms. The maximum atomic E-state index is 13.4. The molecular weight excluding hydrogens is 625 g/mol. The number of hydrogen-bond acceptors (Lipinski definition) is 10. The number of para-hydroxylation sites is 1. The van der Waals surface area contributed by atoms with E-state index < -0.39 is 0 Å². The molecule has 0 fully saturated rings. The lowest BCUT2D eigenvalue weighted by Gasteiger charge is -2.17. The van der Waals surface area contributed by atoms with Gasteiger partial charge in [0.05, 0.1) is 48.0 Å². The zero-order valence-electron chi connectivity index (χ0n) is 26.4. The van der Waals surface area contributed by atoms with E-state index in [1.807, 2.05) is 81.7 Å². The number of aryl methyl sites for hydroxylation is 2. The number of hydrogen-bond donors (Lipinski definition) is 2. The Bertz CT molecular complexity index is 1790. The van der Waals surface area contributed by atoms with Crippen molar-refractivity contribution in [2.75, 3.05) is 30.9 Å². The van der Waals surface area contributed by atoms with Crippen LogP contribution in [0.3, 0.4) is 0 Å². The standard InChI is InChI=1S/C33H36N6O5S2/c1-6-42-25-16-22(17-26(43-7-2)30(25)44-8-3)31(41)34-18-28-37-38-33(39(28)24-15-20(4)13-14-21(24)5)45-19-29(40)36-32-35-23-11-9-10-12-27(23)46-32/h9-17H,6-8,18-19H2,1-5H3,(H,34,41)(H,35,36,40). The lowest BCUT2D eigenvalue weighted by atomic mass is 10.1. The first-order valence-electron chi connectivity index (χ1n) is 15.0. The van der Waals surface area contributed by atoms with E-state index in [1.54, 1.807) is 12.1 Å². The van der Waals surface area contributed by atoms with Gasteiger partial charge in [-0.3, -0.25) is 14.2 Å². The largest absolute Gasteiger partial charge is 0.490 e. The van der Waals surface area contributed by atoms with Crippen LogP contribution in [0.5, 0.6) is 17.2 Å². The van der Waals surface area contributed by atoms with Crippen LogP contribution in [0.25, 0.3) is 15.9 Å². The van der Waals surface area contributed by atoms with Crippen molar-refractivity contribution in [3.63, 3.8) is 0 Å². The number of rotatable bonds is 14. The fraction of sp³-hybridized carbons (Fsp3) is 0.303. The summed E-state index contributed by atoms with van der Waals surface area (Å²) in [5, 5.41) is 15.7. The minimum Gasteiger partial charge on any atom is -0.490 e. The minimum absolute atomic E-state index is 0.0822. The maximum Gasteiger partial charge on any atom is 0.251 e. The third-order valence-corrected chi connectivity index (χ3v) is 8.64. The van der Waals surface area contributed by atoms with E-state index in [0.29, 0.717) is 58.7 Å². The Morgan fingerprint density at radius 3 is 2.33 bits per heavy atom. The van der Waals surface area contributed by atoms with Crippen molar-refractivity contribution in [2.24, 2.45) is 0 Å². The number of nitrogens with zero attached hydrogens (tertiary/aromatic N) is 4. The summed E-state index contributed by atoms with van der Waals surface area (Å²) in [5.74, 6) is 1.38. The number of thioether (sulfide) groups is 1. The average molecular weight is 661 g/mol. The van der Waals surface area contributed by atoms with Crippen LogP contribution in [0.15, 0.2) is 59.8 Å². The molecule has 5 aromatic rings. The van der Waals surface area contributed by atoms with Crippen LogP contribution in [0, 0.1) is 13.8 Å². The molecule has 2 N–H and O–H groups in total. The van der Waals surface area contributed by atoms with Crippen molar-refractivity contribution in [3.8, 4) is 22.9 Å². The second-order valence-corrected chi connectivity index (χ2v) is 12.1. The summed E-state index contributed by atoms with van der Waals surface area (Å²) in [7, 11) is 0. The number of fused-ring (bicyclic) bond motifs is 1. The molecule has 240 valence electrons. The van der Waals surface area contributed by atoms with Crippen molar-refractivity contribution in [3.05, 3.63) is 77.1 Å². The van der Waals surface area contributed by atoms with Crippen molar-refractivity contribution in [1.82, 2.24) is 25.1 Å². The van der Waals surface area contributed by atoms with Gasteiger partial charge in [-0.25, -0.2) is 4.98 Å². The van der Waals surface area contributed by atoms with Crippen molar-refractivity contribution in [2.45, 2.75) is 46.3 Å². The van der Waals surface area contributed by atoms with Crippen molar-refractivity contribution < 1.29 is 23.8 Å². The molecule has 0 aliphatic carbocycles. The van der Waals surface area contributed by atoms with Gasteiger partial charge in [-0.1, -0.05) is 47.4 Å². The highest BCUT2D eigenvalue weighted by Crippen LogP contribution is 2.39. The Hall–Kier alpha value is -4.62. The monoisotopic (exact) mass is 660 g/mol. The molecule has 3 aromatic carbocycles. The van der Waals surface area contributed by atoms with E-state index in [9.17, 15) is 9.59 Å². The molecule has 0 aliphatic heterocycles. The molecule has 2 aromatic heterocycles. The molecule has 0 aliphatic rings. The van der Waals surface area contributed by atoms with Crippen LogP contribution in [0.2, 0.25) is 0 Å². The summed E-state index contributed by atoms with van der Waals surface area (Å²) in [4.78, 5) is 30.9. The van der Waals surface area contributed by atoms with E-state index in [0.717, 1.165) is 27.0 Å². The summed E-state index contributed by atoms with van der Waals surface area (Å²) in [6, 6.07) is 17.1. The van der Waals surface area contributed by atoms with Gasteiger partial charge >= 0.3 is 0 Å². The van der Waals surface area contributed by atoms with Crippen LogP contribution in [-0.2, 0) is 11.3 Å². The van der Waals surface area contributed by atoms with Gasteiger partial charge in [-0.15, -0.1) is 10.2 Å². The van der Waals surface area contributed by atoms with Gasteiger partial charge in [0, 0.05) is 5.56 Å². The number of anilines is 1. The van der Waals surface area contributed by atoms with Crippen molar-refractivity contribution in [1.29, 1.82) is 0 Å². The van der Waals surface area contributed by atoms with Gasteiger partial charge in [-0.2, -0.15) is 0 Å². The summed E-state index contributed by atoms with van der Waals surface area (Å²) in [6.45, 7) is 10.9. The Morgan fingerprint density at radius 1 is 0.913 bits per heavy atom. The molecule has 11 nitrogen and oxygen atoms in total. The molecule has 5 rings (SSSR count). The number of amides is 2. The first-order valence-corrected chi connectivity index (χ1v) is 16.8. The first-order chi connectivity index (χ1) is 22.3. The van der Waals surface area contributed by atoms with Gasteiger partial charge in [-0.05, 0) is 76.1 Å². The molecule has 0 atom stereocenters. The number of aromatic nitrogens is 4. The second kappa shape index (κ2) is 15.1. The smallest absolute Gasteiger partial charge is 0.251 e. The van der Waals surface area contributed by atoms with E-state index in [-0.39, 0.29) is 24.1 Å². The van der Waals surface area contributed by atoms with Crippen LogP contribution < -0.4 is 24.8 Å². The topological polar surface area (TPSA) is 129 Å².